The molecule has 0 saturated heterocycles. The fourth-order valence-electron chi connectivity index (χ4n) is 2.34. The minimum absolute atomic E-state index is 0.0375. The second kappa shape index (κ2) is 9.81. The molecule has 9 heteroatoms. The van der Waals surface area contributed by atoms with Gasteiger partial charge in [0.2, 0.25) is 17.8 Å². The Balaban J connectivity index is 1.66. The van der Waals surface area contributed by atoms with E-state index in [0.29, 0.717) is 29.0 Å². The van der Waals surface area contributed by atoms with Crippen LogP contribution in [-0.4, -0.2) is 39.2 Å². The van der Waals surface area contributed by atoms with E-state index in [9.17, 15) is 4.79 Å². The smallest absolute Gasteiger partial charge is 0.247 e. The summed E-state index contributed by atoms with van der Waals surface area (Å²) in [6.07, 6.45) is 2.59. The first-order chi connectivity index (χ1) is 14.2. The third-order valence-corrected chi connectivity index (χ3v) is 3.61. The zero-order chi connectivity index (χ0) is 20.5. The van der Waals surface area contributed by atoms with Crippen LogP contribution in [0.5, 0.6) is 5.75 Å². The van der Waals surface area contributed by atoms with E-state index in [1.54, 1.807) is 30.3 Å². The molecule has 2 aromatic carbocycles. The summed E-state index contributed by atoms with van der Waals surface area (Å²) in [5, 5.41) is 17.6. The zero-order valence-electron chi connectivity index (χ0n) is 15.5. The summed E-state index contributed by atoms with van der Waals surface area (Å²) in [7, 11) is 0. The number of hydrogen-bond acceptors (Lipinski definition) is 8. The predicted molar refractivity (Wildman–Crippen MR) is 111 cm³/mol. The Kier molecular flexibility index (Phi) is 6.69. The summed E-state index contributed by atoms with van der Waals surface area (Å²) >= 11 is 0. The summed E-state index contributed by atoms with van der Waals surface area (Å²) in [6, 6.07) is 14.3. The number of aliphatic hydroxyl groups is 1. The molecule has 3 aromatic rings. The maximum Gasteiger partial charge on any atom is 0.247 e. The van der Waals surface area contributed by atoms with Crippen LogP contribution in [0.1, 0.15) is 0 Å². The Bertz CT molecular complexity index is 978. The molecular weight excluding hydrogens is 372 g/mol. The maximum atomic E-state index is 11.4. The molecule has 1 heterocycles. The molecule has 0 aliphatic rings. The van der Waals surface area contributed by atoms with Crippen molar-refractivity contribution in [3.05, 3.63) is 67.5 Å². The highest BCUT2D eigenvalue weighted by Crippen LogP contribution is 2.20. The van der Waals surface area contributed by atoms with E-state index in [2.05, 4.69) is 37.5 Å². The van der Waals surface area contributed by atoms with Crippen molar-refractivity contribution in [1.29, 1.82) is 0 Å². The molecule has 29 heavy (non-hydrogen) atoms. The molecule has 3 rings (SSSR count). The first-order valence-corrected chi connectivity index (χ1v) is 8.76. The molecule has 0 fully saturated rings. The van der Waals surface area contributed by atoms with Crippen LogP contribution in [0.25, 0.3) is 0 Å². The van der Waals surface area contributed by atoms with Crippen LogP contribution in [0.4, 0.5) is 29.0 Å². The summed E-state index contributed by atoms with van der Waals surface area (Å²) in [5.41, 5.74) is 2.10. The Hall–Kier alpha value is -3.98. The van der Waals surface area contributed by atoms with Crippen molar-refractivity contribution >= 4 is 34.9 Å². The zero-order valence-corrected chi connectivity index (χ0v) is 15.5. The van der Waals surface area contributed by atoms with E-state index in [0.717, 1.165) is 5.69 Å². The lowest BCUT2D eigenvalue weighted by atomic mass is 10.2. The third kappa shape index (κ3) is 6.01. The summed E-state index contributed by atoms with van der Waals surface area (Å²) in [5.74, 6) is 1.08. The van der Waals surface area contributed by atoms with Gasteiger partial charge in [-0.25, -0.2) is 9.97 Å². The number of benzene rings is 2. The number of aliphatic hydroxyl groups excluding tert-OH is 1. The molecule has 148 valence electrons. The average molecular weight is 392 g/mol. The standard InChI is InChI=1S/C20H20N6O3/c1-2-18(28)23-15-4-3-5-16(12-15)25-20-22-13-21-19(26-20)24-14-6-8-17(9-7-14)29-11-10-27/h2-9,12-13,27H,1,10-11H2,(H,23,28)(H2,21,22,24,25,26). The van der Waals surface area contributed by atoms with E-state index in [1.807, 2.05) is 18.2 Å². The van der Waals surface area contributed by atoms with Crippen LogP contribution >= 0.6 is 0 Å². The van der Waals surface area contributed by atoms with E-state index < -0.39 is 0 Å². The minimum atomic E-state index is -0.290. The van der Waals surface area contributed by atoms with E-state index in [4.69, 9.17) is 9.84 Å². The third-order valence-electron chi connectivity index (χ3n) is 3.61. The van der Waals surface area contributed by atoms with Crippen molar-refractivity contribution in [3.8, 4) is 5.75 Å². The van der Waals surface area contributed by atoms with Gasteiger partial charge in [-0.05, 0) is 48.5 Å². The molecule has 0 unspecified atom stereocenters. The highest BCUT2D eigenvalue weighted by Gasteiger charge is 2.04. The predicted octanol–water partition coefficient (Wildman–Crippen LogP) is 2.85. The van der Waals surface area contributed by atoms with Crippen molar-refractivity contribution < 1.29 is 14.6 Å². The fourth-order valence-corrected chi connectivity index (χ4v) is 2.34. The number of hydrogen-bond donors (Lipinski definition) is 4. The van der Waals surface area contributed by atoms with Gasteiger partial charge in [0.15, 0.2) is 0 Å². The van der Waals surface area contributed by atoms with Crippen LogP contribution in [0.15, 0.2) is 67.5 Å². The molecule has 9 nitrogen and oxygen atoms in total. The number of amides is 1. The average Bonchev–Trinajstić information content (AvgIpc) is 2.74. The lowest BCUT2D eigenvalue weighted by Gasteiger charge is -2.09. The van der Waals surface area contributed by atoms with E-state index >= 15 is 0 Å². The molecule has 0 aliphatic heterocycles. The van der Waals surface area contributed by atoms with Gasteiger partial charge in [0, 0.05) is 17.1 Å². The number of nitrogens with zero attached hydrogens (tertiary/aromatic N) is 3. The van der Waals surface area contributed by atoms with Crippen LogP contribution in [-0.2, 0) is 4.79 Å². The first-order valence-electron chi connectivity index (χ1n) is 8.76. The van der Waals surface area contributed by atoms with Gasteiger partial charge in [-0.15, -0.1) is 0 Å². The number of carbonyl (C=O) groups is 1. The topological polar surface area (TPSA) is 121 Å². The Labute approximate surface area is 167 Å². The molecule has 1 amide bonds. The van der Waals surface area contributed by atoms with Gasteiger partial charge in [-0.3, -0.25) is 4.79 Å². The highest BCUT2D eigenvalue weighted by atomic mass is 16.5. The van der Waals surface area contributed by atoms with Gasteiger partial charge in [0.1, 0.15) is 18.7 Å². The second-order valence-corrected chi connectivity index (χ2v) is 5.75. The lowest BCUT2D eigenvalue weighted by Crippen LogP contribution is -2.07. The monoisotopic (exact) mass is 392 g/mol. The van der Waals surface area contributed by atoms with Gasteiger partial charge in [-0.1, -0.05) is 12.6 Å². The van der Waals surface area contributed by atoms with Crippen LogP contribution in [0.3, 0.4) is 0 Å². The summed E-state index contributed by atoms with van der Waals surface area (Å²) < 4.78 is 5.33. The lowest BCUT2D eigenvalue weighted by molar-refractivity contribution is -0.111. The van der Waals surface area contributed by atoms with Gasteiger partial charge in [0.05, 0.1) is 6.61 Å². The normalized spacial score (nSPS) is 10.1. The van der Waals surface area contributed by atoms with Crippen LogP contribution in [0, 0.1) is 0 Å². The Morgan fingerprint density at radius 3 is 2.41 bits per heavy atom. The SMILES string of the molecule is C=CC(=O)Nc1cccc(Nc2ncnc(Nc3ccc(OCCO)cc3)n2)c1. The number of aromatic nitrogens is 3. The molecule has 0 saturated carbocycles. The van der Waals surface area contributed by atoms with Gasteiger partial charge < -0.3 is 25.8 Å². The molecule has 0 spiro atoms. The molecule has 4 N–H and O–H groups in total. The minimum Gasteiger partial charge on any atom is -0.491 e. The number of ether oxygens (including phenoxy) is 1. The van der Waals surface area contributed by atoms with E-state index in [1.165, 1.54) is 12.4 Å². The van der Waals surface area contributed by atoms with Crippen molar-refractivity contribution in [2.75, 3.05) is 29.2 Å². The molecule has 0 atom stereocenters. The molecular formula is C20H20N6O3. The molecule has 1 aromatic heterocycles. The largest absolute Gasteiger partial charge is 0.491 e. The molecule has 0 bridgehead atoms. The number of nitrogens with one attached hydrogen (secondary N) is 3. The summed E-state index contributed by atoms with van der Waals surface area (Å²) in [6.45, 7) is 3.64. The van der Waals surface area contributed by atoms with Crippen molar-refractivity contribution in [2.24, 2.45) is 0 Å². The highest BCUT2D eigenvalue weighted by molar-refractivity contribution is 5.99. The number of anilines is 5. The molecule has 0 radical (unpaired) electrons. The molecule has 0 aliphatic carbocycles. The van der Waals surface area contributed by atoms with Crippen molar-refractivity contribution in [3.63, 3.8) is 0 Å². The van der Waals surface area contributed by atoms with Crippen LogP contribution < -0.4 is 20.7 Å². The van der Waals surface area contributed by atoms with Crippen molar-refractivity contribution in [2.45, 2.75) is 0 Å². The maximum absolute atomic E-state index is 11.4. The Morgan fingerprint density at radius 2 is 1.72 bits per heavy atom. The fraction of sp³-hybridized carbons (Fsp3) is 0.100. The van der Waals surface area contributed by atoms with Gasteiger partial charge in [-0.2, -0.15) is 4.98 Å². The summed E-state index contributed by atoms with van der Waals surface area (Å²) in [4.78, 5) is 24.0. The first kappa shape index (κ1) is 19.8. The van der Waals surface area contributed by atoms with E-state index in [-0.39, 0.29) is 19.1 Å². The van der Waals surface area contributed by atoms with Gasteiger partial charge >= 0.3 is 0 Å². The van der Waals surface area contributed by atoms with Crippen molar-refractivity contribution in [1.82, 2.24) is 15.0 Å². The quantitative estimate of drug-likeness (QED) is 0.410. The van der Waals surface area contributed by atoms with Gasteiger partial charge in [0.25, 0.3) is 0 Å². The van der Waals surface area contributed by atoms with Crippen LogP contribution in [0.2, 0.25) is 0 Å². The Morgan fingerprint density at radius 1 is 1.03 bits per heavy atom. The number of rotatable bonds is 9. The second-order valence-electron chi connectivity index (χ2n) is 5.75. The number of carbonyl (C=O) groups excluding carboxylic acids is 1.